The highest BCUT2D eigenvalue weighted by Crippen LogP contribution is 2.31. The summed E-state index contributed by atoms with van der Waals surface area (Å²) in [4.78, 5) is 29.4. The van der Waals surface area contributed by atoms with Gasteiger partial charge in [0.2, 0.25) is 11.8 Å². The number of hydrogen-bond acceptors (Lipinski definition) is 8. The molecule has 1 aliphatic rings. The Morgan fingerprint density at radius 3 is 2.41 bits per heavy atom. The zero-order chi connectivity index (χ0) is 31.6. The van der Waals surface area contributed by atoms with Crippen LogP contribution in [0.5, 0.6) is 11.6 Å². The van der Waals surface area contributed by atoms with E-state index in [0.717, 1.165) is 16.7 Å². The number of benzene rings is 2. The summed E-state index contributed by atoms with van der Waals surface area (Å²) in [7, 11) is -2.59. The van der Waals surface area contributed by atoms with Gasteiger partial charge in [-0.2, -0.15) is 4.98 Å². The number of fused-ring (bicyclic) bond motifs is 4. The molecular formula is C33H37N5O5S. The Labute approximate surface area is 258 Å². The van der Waals surface area contributed by atoms with E-state index in [0.29, 0.717) is 23.6 Å². The van der Waals surface area contributed by atoms with Crippen LogP contribution in [0.25, 0.3) is 11.3 Å². The monoisotopic (exact) mass is 615 g/mol. The molecule has 1 atom stereocenters. The van der Waals surface area contributed by atoms with E-state index < -0.39 is 16.1 Å². The number of methoxy groups -OCH3 is 1. The summed E-state index contributed by atoms with van der Waals surface area (Å²) in [6.07, 6.45) is 2.19. The quantitative estimate of drug-likeness (QED) is 0.299. The first-order valence-electron chi connectivity index (χ1n) is 14.3. The second-order valence-corrected chi connectivity index (χ2v) is 13.8. The number of hydrogen-bond donors (Lipinski definition) is 1. The highest BCUT2D eigenvalue weighted by atomic mass is 32.2. The fraction of sp³-hybridized carbons (Fsp3) is 0.333. The summed E-state index contributed by atoms with van der Waals surface area (Å²) in [6.45, 7) is 10.5. The van der Waals surface area contributed by atoms with Gasteiger partial charge in [-0.3, -0.25) is 9.78 Å². The molecule has 0 radical (unpaired) electrons. The van der Waals surface area contributed by atoms with Gasteiger partial charge in [0.05, 0.1) is 42.2 Å². The van der Waals surface area contributed by atoms with Crippen LogP contribution in [0.2, 0.25) is 0 Å². The van der Waals surface area contributed by atoms with Crippen LogP contribution in [0.1, 0.15) is 54.4 Å². The van der Waals surface area contributed by atoms with Crippen molar-refractivity contribution in [2.45, 2.75) is 58.5 Å². The maximum atomic E-state index is 14.2. The van der Waals surface area contributed by atoms with Crippen LogP contribution in [-0.2, 0) is 16.6 Å². The zero-order valence-electron chi connectivity index (χ0n) is 25.8. The topological polar surface area (TPSA) is 124 Å². The summed E-state index contributed by atoms with van der Waals surface area (Å²) in [5.74, 6) is 0.327. The molecule has 2 aromatic carbocycles. The average molecular weight is 616 g/mol. The first-order valence-corrected chi connectivity index (χ1v) is 15.8. The Morgan fingerprint density at radius 2 is 1.75 bits per heavy atom. The molecule has 230 valence electrons. The number of carbonyl (C=O) groups excluding carboxylic acids is 1. The molecule has 0 aliphatic carbocycles. The third-order valence-electron chi connectivity index (χ3n) is 7.40. The van der Waals surface area contributed by atoms with Crippen LogP contribution in [-0.4, -0.2) is 53.9 Å². The predicted octanol–water partition coefficient (Wildman–Crippen LogP) is 5.80. The maximum Gasteiger partial charge on any atom is 0.264 e. The molecule has 1 amide bonds. The fourth-order valence-electron chi connectivity index (χ4n) is 5.35. The minimum absolute atomic E-state index is 0.0824. The third-order valence-corrected chi connectivity index (χ3v) is 8.72. The number of nitrogens with zero attached hydrogens (tertiary/aromatic N) is 4. The first kappa shape index (κ1) is 30.9. The summed E-state index contributed by atoms with van der Waals surface area (Å²) in [5, 5.41) is 0. The fourth-order valence-corrected chi connectivity index (χ4v) is 6.34. The molecule has 0 unspecified atom stereocenters. The Kier molecular flexibility index (Phi) is 8.60. The Morgan fingerprint density at radius 1 is 1.02 bits per heavy atom. The van der Waals surface area contributed by atoms with Gasteiger partial charge in [-0.15, -0.1) is 0 Å². The van der Waals surface area contributed by atoms with Crippen LogP contribution in [0.4, 0.5) is 5.95 Å². The van der Waals surface area contributed by atoms with Gasteiger partial charge < -0.3 is 14.4 Å². The second-order valence-electron chi connectivity index (χ2n) is 12.2. The number of anilines is 1. The van der Waals surface area contributed by atoms with E-state index in [4.69, 9.17) is 9.47 Å². The maximum absolute atomic E-state index is 14.2. The zero-order valence-corrected chi connectivity index (χ0v) is 26.6. The molecule has 0 saturated heterocycles. The normalized spacial score (nSPS) is 16.5. The molecule has 4 bridgehead atoms. The van der Waals surface area contributed by atoms with Crippen molar-refractivity contribution in [2.75, 3.05) is 18.4 Å². The third kappa shape index (κ3) is 6.99. The van der Waals surface area contributed by atoms with E-state index in [1.54, 1.807) is 48.5 Å². The summed E-state index contributed by atoms with van der Waals surface area (Å²) >= 11 is 0. The highest BCUT2D eigenvalue weighted by molar-refractivity contribution is 7.92. The van der Waals surface area contributed by atoms with E-state index in [-0.39, 0.29) is 46.8 Å². The Balaban J connectivity index is 1.67. The van der Waals surface area contributed by atoms with Crippen molar-refractivity contribution in [1.29, 1.82) is 0 Å². The van der Waals surface area contributed by atoms with Gasteiger partial charge in [0.25, 0.3) is 15.9 Å². The van der Waals surface area contributed by atoms with Crippen molar-refractivity contribution >= 4 is 21.9 Å². The molecule has 10 nitrogen and oxygen atoms in total. The lowest BCUT2D eigenvalue weighted by Crippen LogP contribution is -2.45. The molecule has 11 heteroatoms. The van der Waals surface area contributed by atoms with Gasteiger partial charge in [0.15, 0.2) is 0 Å². The number of aryl methyl sites for hydroxylation is 2. The van der Waals surface area contributed by atoms with Crippen LogP contribution >= 0.6 is 0 Å². The smallest absolute Gasteiger partial charge is 0.264 e. The van der Waals surface area contributed by atoms with Crippen molar-refractivity contribution in [3.05, 3.63) is 89.2 Å². The number of pyridine rings is 1. The number of rotatable bonds is 5. The largest absolute Gasteiger partial charge is 0.495 e. The number of ether oxygens (including phenoxy) is 2. The highest BCUT2D eigenvalue weighted by Gasteiger charge is 2.31. The van der Waals surface area contributed by atoms with E-state index in [9.17, 15) is 13.2 Å². The van der Waals surface area contributed by atoms with Crippen molar-refractivity contribution in [2.24, 2.45) is 5.41 Å². The molecule has 0 saturated carbocycles. The summed E-state index contributed by atoms with van der Waals surface area (Å²) in [6, 6.07) is 16.8. The molecule has 1 aliphatic heterocycles. The van der Waals surface area contributed by atoms with Crippen LogP contribution in [0, 0.1) is 19.3 Å². The Hall–Kier alpha value is -4.51. The number of nitrogens with one attached hydrogen (secondary N) is 1. The average Bonchev–Trinajstić information content (AvgIpc) is 2.97. The van der Waals surface area contributed by atoms with E-state index >= 15 is 0 Å². The molecule has 3 heterocycles. The lowest BCUT2D eigenvalue weighted by molar-refractivity contribution is 0.0509. The lowest BCUT2D eigenvalue weighted by Gasteiger charge is -2.35. The minimum atomic E-state index is -4.16. The van der Waals surface area contributed by atoms with Gasteiger partial charge in [-0.05, 0) is 67.1 Å². The van der Waals surface area contributed by atoms with Crippen LogP contribution in [0.3, 0.4) is 0 Å². The first-order chi connectivity index (χ1) is 20.8. The SMILES string of the molecule is COc1ccc(CN2C(=O)c3cccc(c3)S(=O)(=O)Nc3nc(cc(-c4c(C)cccc4C)n3)OC[C@H]2CC(C)(C)C)nc1. The van der Waals surface area contributed by atoms with Crippen molar-refractivity contribution < 1.29 is 22.7 Å². The number of carbonyl (C=O) groups is 1. The van der Waals surface area contributed by atoms with Crippen molar-refractivity contribution in [3.63, 3.8) is 0 Å². The molecule has 1 N–H and O–H groups in total. The lowest BCUT2D eigenvalue weighted by atomic mass is 9.87. The number of amides is 1. The van der Waals surface area contributed by atoms with Gasteiger partial charge in [0.1, 0.15) is 12.4 Å². The van der Waals surface area contributed by atoms with Crippen molar-refractivity contribution in [3.8, 4) is 22.9 Å². The van der Waals surface area contributed by atoms with Gasteiger partial charge in [-0.25, -0.2) is 18.1 Å². The predicted molar refractivity (Wildman–Crippen MR) is 168 cm³/mol. The standard InChI is InChI=1S/C33H37N5O5S/c1-21-9-7-10-22(2)30(21)28-16-29-36-32(35-28)37-44(40,41)27-12-8-11-23(15-27)31(39)38(25(20-43-29)17-33(3,4)5)19-24-13-14-26(42-6)18-34-24/h7-16,18,25H,17,19-20H2,1-6H3,(H,35,36,37)/t25-/m1/s1. The molecule has 2 aromatic heterocycles. The molecule has 4 aromatic rings. The van der Waals surface area contributed by atoms with E-state index in [2.05, 4.69) is 40.4 Å². The number of sulfonamides is 1. The van der Waals surface area contributed by atoms with Gasteiger partial charge in [0, 0.05) is 17.2 Å². The van der Waals surface area contributed by atoms with Gasteiger partial charge in [-0.1, -0.05) is 45.0 Å². The van der Waals surface area contributed by atoms with E-state index in [1.807, 2.05) is 32.0 Å². The minimum Gasteiger partial charge on any atom is -0.495 e. The van der Waals surface area contributed by atoms with Crippen molar-refractivity contribution in [1.82, 2.24) is 19.9 Å². The molecule has 0 spiro atoms. The summed E-state index contributed by atoms with van der Waals surface area (Å²) in [5.41, 5.74) is 4.03. The molecular weight excluding hydrogens is 578 g/mol. The van der Waals surface area contributed by atoms with Gasteiger partial charge >= 0.3 is 0 Å². The second kappa shape index (κ2) is 12.2. The summed E-state index contributed by atoms with van der Waals surface area (Å²) < 4.78 is 41.2. The Bertz CT molecular complexity index is 1770. The molecule has 44 heavy (non-hydrogen) atoms. The van der Waals surface area contributed by atoms with Crippen LogP contribution < -0.4 is 14.2 Å². The molecule has 5 rings (SSSR count). The van der Waals surface area contributed by atoms with E-state index in [1.165, 1.54) is 12.1 Å². The number of aromatic nitrogens is 3. The van der Waals surface area contributed by atoms with Crippen LogP contribution in [0.15, 0.2) is 71.8 Å². The molecule has 0 fully saturated rings.